The molecule has 0 N–H and O–H groups in total. The molecule has 1 unspecified atom stereocenters. The van der Waals surface area contributed by atoms with Crippen molar-refractivity contribution in [3.63, 3.8) is 0 Å². The zero-order valence-electron chi connectivity index (χ0n) is 19.9. The fourth-order valence-corrected chi connectivity index (χ4v) is 5.19. The highest BCUT2D eigenvalue weighted by atomic mass is 32.2. The molecule has 0 saturated heterocycles. The van der Waals surface area contributed by atoms with Crippen LogP contribution in [0.4, 0.5) is 0 Å². The van der Waals surface area contributed by atoms with Crippen LogP contribution in [0.15, 0.2) is 78.3 Å². The van der Waals surface area contributed by atoms with Gasteiger partial charge in [0.1, 0.15) is 12.4 Å². The number of carbonyl (C=O) groups is 1. The summed E-state index contributed by atoms with van der Waals surface area (Å²) in [6.07, 6.45) is 1.87. The maximum atomic E-state index is 13.2. The number of fused-ring (bicyclic) bond motifs is 1. The Kier molecular flexibility index (Phi) is 6.70. The maximum Gasteiger partial charge on any atom is 0.228 e. The minimum atomic E-state index is -2.04. The summed E-state index contributed by atoms with van der Waals surface area (Å²) in [6, 6.07) is 22.0. The summed E-state index contributed by atoms with van der Waals surface area (Å²) in [5, 5.41) is 5.75. The van der Waals surface area contributed by atoms with Crippen molar-refractivity contribution in [2.45, 2.75) is 50.9 Å². The van der Waals surface area contributed by atoms with Crippen LogP contribution in [0.25, 0.3) is 10.8 Å². The predicted octanol–water partition coefficient (Wildman–Crippen LogP) is 7.38. The van der Waals surface area contributed by atoms with Gasteiger partial charge in [0.2, 0.25) is 8.32 Å². The highest BCUT2D eigenvalue weighted by molar-refractivity contribution is 8.03. The summed E-state index contributed by atoms with van der Waals surface area (Å²) in [6.45, 7) is 11.4. The van der Waals surface area contributed by atoms with Crippen molar-refractivity contribution in [2.24, 2.45) is 0 Å². The van der Waals surface area contributed by atoms with Crippen molar-refractivity contribution < 1.29 is 14.1 Å². The zero-order valence-corrected chi connectivity index (χ0v) is 21.7. The number of carbonyl (C=O) groups excluding carboxylic acids is 1. The van der Waals surface area contributed by atoms with Crippen LogP contribution in [0.1, 0.15) is 36.7 Å². The molecule has 3 aromatic carbocycles. The lowest BCUT2D eigenvalue weighted by Crippen LogP contribution is -2.48. The van der Waals surface area contributed by atoms with Gasteiger partial charge in [-0.1, -0.05) is 68.9 Å². The lowest BCUT2D eigenvalue weighted by Gasteiger charge is -2.39. The van der Waals surface area contributed by atoms with E-state index in [0.717, 1.165) is 11.3 Å². The Morgan fingerprint density at radius 2 is 1.70 bits per heavy atom. The normalized spacial score (nSPS) is 16.4. The van der Waals surface area contributed by atoms with E-state index in [0.29, 0.717) is 12.2 Å². The largest absolute Gasteiger partial charge is 0.489 e. The lowest BCUT2D eigenvalue weighted by molar-refractivity contribution is -0.0248. The van der Waals surface area contributed by atoms with E-state index in [2.05, 4.69) is 64.2 Å². The van der Waals surface area contributed by atoms with E-state index >= 15 is 0 Å². The van der Waals surface area contributed by atoms with Gasteiger partial charge in [-0.2, -0.15) is 0 Å². The molecular formula is C27H31NO3SSi. The van der Waals surface area contributed by atoms with E-state index in [-0.39, 0.29) is 10.8 Å². The molecule has 0 amide bonds. The summed E-state index contributed by atoms with van der Waals surface area (Å²) in [5.41, 5.74) is 1.76. The molecule has 1 aliphatic rings. The average Bonchev–Trinajstić information content (AvgIpc) is 3.24. The number of hydroxylamine groups is 2. The van der Waals surface area contributed by atoms with Crippen molar-refractivity contribution in [2.75, 3.05) is 0 Å². The van der Waals surface area contributed by atoms with Gasteiger partial charge in [-0.25, -0.2) is 0 Å². The van der Waals surface area contributed by atoms with E-state index in [4.69, 9.17) is 9.26 Å². The maximum absolute atomic E-state index is 13.2. The van der Waals surface area contributed by atoms with Gasteiger partial charge in [0.15, 0.2) is 11.2 Å². The topological polar surface area (TPSA) is 38.8 Å². The molecule has 1 heterocycles. The van der Waals surface area contributed by atoms with Gasteiger partial charge in [-0.3, -0.25) is 9.86 Å². The van der Waals surface area contributed by atoms with Gasteiger partial charge in [0.05, 0.1) is 0 Å². The third-order valence-corrected chi connectivity index (χ3v) is 11.6. The van der Waals surface area contributed by atoms with Gasteiger partial charge >= 0.3 is 0 Å². The summed E-state index contributed by atoms with van der Waals surface area (Å²) in [7, 11) is -2.04. The second-order valence-corrected chi connectivity index (χ2v) is 15.5. The van der Waals surface area contributed by atoms with Crippen LogP contribution in [-0.4, -0.2) is 24.5 Å². The van der Waals surface area contributed by atoms with Gasteiger partial charge in [0.25, 0.3) is 0 Å². The Bertz CT molecular complexity index is 1170. The van der Waals surface area contributed by atoms with Crippen molar-refractivity contribution in [1.82, 2.24) is 5.06 Å². The van der Waals surface area contributed by atoms with Crippen LogP contribution < -0.4 is 4.74 Å². The number of hydrogen-bond donors (Lipinski definition) is 0. The number of ether oxygens (including phenoxy) is 1. The molecule has 0 radical (unpaired) electrons. The SMILES string of the molecule is CC(C)(C)[Si](C)(C)ON1C=CSC1C(=O)c1ccc(OCc2ccc3ccccc3c2)cc1. The molecular weight excluding hydrogens is 446 g/mol. The Labute approximate surface area is 201 Å². The van der Waals surface area contributed by atoms with Crippen molar-refractivity contribution >= 4 is 36.6 Å². The fourth-order valence-electron chi connectivity index (χ4n) is 3.32. The first-order valence-electron chi connectivity index (χ1n) is 11.2. The predicted molar refractivity (Wildman–Crippen MR) is 140 cm³/mol. The number of Topliss-reactive ketones (excluding diaryl/α,β-unsaturated/α-hetero) is 1. The van der Waals surface area contributed by atoms with Gasteiger partial charge in [0, 0.05) is 11.8 Å². The number of rotatable bonds is 7. The molecule has 0 aromatic heterocycles. The molecule has 4 nitrogen and oxygen atoms in total. The van der Waals surface area contributed by atoms with Crippen molar-refractivity contribution in [3.8, 4) is 5.75 Å². The molecule has 172 valence electrons. The number of thioether (sulfide) groups is 1. The second kappa shape index (κ2) is 9.37. The number of benzene rings is 3. The summed E-state index contributed by atoms with van der Waals surface area (Å²) < 4.78 is 12.3. The van der Waals surface area contributed by atoms with E-state index in [1.165, 1.54) is 22.5 Å². The molecule has 0 aliphatic carbocycles. The van der Waals surface area contributed by atoms with E-state index in [1.54, 1.807) is 5.06 Å². The standard InChI is InChI=1S/C27H31NO3SSi/c1-27(2,3)33(4,5)31-28-16-17-32-26(28)25(29)22-12-14-24(15-13-22)30-19-20-10-11-21-8-6-7-9-23(21)18-20/h6-18,26H,19H2,1-5H3. The monoisotopic (exact) mass is 477 g/mol. The van der Waals surface area contributed by atoms with Crippen LogP contribution in [-0.2, 0) is 11.1 Å². The zero-order chi connectivity index (χ0) is 23.6. The third kappa shape index (κ3) is 5.35. The van der Waals surface area contributed by atoms with Crippen LogP contribution >= 0.6 is 11.8 Å². The fraction of sp³-hybridized carbons (Fsp3) is 0.296. The molecule has 1 atom stereocenters. The molecule has 3 aromatic rings. The number of hydrogen-bond acceptors (Lipinski definition) is 5. The quantitative estimate of drug-likeness (QED) is 0.262. The Balaban J connectivity index is 1.39. The van der Waals surface area contributed by atoms with Crippen LogP contribution in [0.5, 0.6) is 5.75 Å². The molecule has 1 aliphatic heterocycles. The van der Waals surface area contributed by atoms with E-state index < -0.39 is 13.7 Å². The smallest absolute Gasteiger partial charge is 0.228 e. The molecule has 0 spiro atoms. The third-order valence-electron chi connectivity index (χ3n) is 6.37. The molecule has 33 heavy (non-hydrogen) atoms. The average molecular weight is 478 g/mol. The minimum Gasteiger partial charge on any atom is -0.489 e. The number of nitrogens with zero attached hydrogens (tertiary/aromatic N) is 1. The second-order valence-electron chi connectivity index (χ2n) is 9.84. The lowest BCUT2D eigenvalue weighted by atomic mass is 10.1. The summed E-state index contributed by atoms with van der Waals surface area (Å²) >= 11 is 1.48. The van der Waals surface area contributed by atoms with Crippen LogP contribution in [0, 0.1) is 0 Å². The Hall–Kier alpha value is -2.54. The van der Waals surface area contributed by atoms with Crippen LogP contribution in [0.3, 0.4) is 0 Å². The van der Waals surface area contributed by atoms with E-state index in [9.17, 15) is 4.79 Å². The summed E-state index contributed by atoms with van der Waals surface area (Å²) in [4.78, 5) is 13.2. The molecule has 0 bridgehead atoms. The van der Waals surface area contributed by atoms with E-state index in [1.807, 2.05) is 48.0 Å². The van der Waals surface area contributed by atoms with Crippen molar-refractivity contribution in [3.05, 3.63) is 89.5 Å². The Morgan fingerprint density at radius 1 is 1.00 bits per heavy atom. The molecule has 4 rings (SSSR count). The van der Waals surface area contributed by atoms with Crippen molar-refractivity contribution in [1.29, 1.82) is 0 Å². The first-order valence-corrected chi connectivity index (χ1v) is 15.0. The van der Waals surface area contributed by atoms with Gasteiger partial charge in [-0.05, 0) is 70.2 Å². The minimum absolute atomic E-state index is 0.0322. The highest BCUT2D eigenvalue weighted by Crippen LogP contribution is 2.40. The van der Waals surface area contributed by atoms with Crippen LogP contribution in [0.2, 0.25) is 18.1 Å². The molecule has 6 heteroatoms. The molecule has 0 fully saturated rings. The molecule has 0 saturated carbocycles. The first kappa shape index (κ1) is 23.6. The van der Waals surface area contributed by atoms with Gasteiger partial charge < -0.3 is 9.26 Å². The first-order chi connectivity index (χ1) is 15.6. The number of ketones is 1. The summed E-state index contributed by atoms with van der Waals surface area (Å²) in [5.74, 6) is 0.774. The Morgan fingerprint density at radius 3 is 2.39 bits per heavy atom. The highest BCUT2D eigenvalue weighted by Gasteiger charge is 2.42. The van der Waals surface area contributed by atoms with Gasteiger partial charge in [-0.15, -0.1) is 0 Å².